The van der Waals surface area contributed by atoms with Crippen LogP contribution in [0.1, 0.15) is 31.2 Å². The van der Waals surface area contributed by atoms with E-state index in [1.165, 1.54) is 0 Å². The molecule has 3 N–H and O–H groups in total. The quantitative estimate of drug-likeness (QED) is 0.772. The number of carbonyl (C=O) groups is 1. The van der Waals surface area contributed by atoms with E-state index in [1.54, 1.807) is 12.4 Å². The summed E-state index contributed by atoms with van der Waals surface area (Å²) in [5.74, 6) is 1.11. The van der Waals surface area contributed by atoms with Gasteiger partial charge in [-0.25, -0.2) is 0 Å². The normalized spacial score (nSPS) is 18.3. The molecule has 1 aliphatic carbocycles. The molecule has 1 amide bonds. The molecule has 1 heterocycles. The van der Waals surface area contributed by atoms with Crippen LogP contribution in [0.25, 0.3) is 0 Å². The molecule has 0 aliphatic heterocycles. The van der Waals surface area contributed by atoms with Crippen molar-refractivity contribution in [2.75, 3.05) is 5.32 Å². The summed E-state index contributed by atoms with van der Waals surface area (Å²) in [6.45, 7) is 0.494. The summed E-state index contributed by atoms with van der Waals surface area (Å²) < 4.78 is 5.72. The van der Waals surface area contributed by atoms with Crippen molar-refractivity contribution in [3.05, 3.63) is 54.4 Å². The van der Waals surface area contributed by atoms with Gasteiger partial charge in [-0.05, 0) is 60.7 Å². The number of amides is 1. The number of anilines is 1. The average molecular weight is 398 g/mol. The lowest BCUT2D eigenvalue weighted by Crippen LogP contribution is -2.28. The summed E-state index contributed by atoms with van der Waals surface area (Å²) in [5.41, 5.74) is 7.87. The summed E-state index contributed by atoms with van der Waals surface area (Å²) in [5, 5.41) is 2.93. The van der Waals surface area contributed by atoms with E-state index in [4.69, 9.17) is 10.5 Å². The molecule has 2 aromatic rings. The number of nitrogens with two attached hydrogens (primary N) is 1. The van der Waals surface area contributed by atoms with Crippen LogP contribution < -0.4 is 15.8 Å². The summed E-state index contributed by atoms with van der Waals surface area (Å²) in [7, 11) is 0. The highest BCUT2D eigenvalue weighted by Crippen LogP contribution is 2.27. The van der Waals surface area contributed by atoms with E-state index < -0.39 is 0 Å². The van der Waals surface area contributed by atoms with E-state index in [2.05, 4.69) is 10.3 Å². The van der Waals surface area contributed by atoms with Crippen LogP contribution in [-0.4, -0.2) is 16.9 Å². The number of ether oxygens (including phenoxy) is 1. The fourth-order valence-corrected chi connectivity index (χ4v) is 3.05. The predicted molar refractivity (Wildman–Crippen MR) is 108 cm³/mol. The molecule has 0 spiro atoms. The first kappa shape index (κ1) is 22.2. The highest BCUT2D eigenvalue weighted by Gasteiger charge is 2.25. The maximum Gasteiger partial charge on any atom is 0.224 e. The Hall–Kier alpha value is -1.82. The summed E-state index contributed by atoms with van der Waals surface area (Å²) in [6, 6.07) is 11.4. The number of aromatic nitrogens is 1. The Kier molecular flexibility index (Phi) is 9.41. The Morgan fingerprint density at radius 1 is 1.12 bits per heavy atom. The van der Waals surface area contributed by atoms with Gasteiger partial charge < -0.3 is 15.8 Å². The van der Waals surface area contributed by atoms with Gasteiger partial charge in [-0.3, -0.25) is 9.78 Å². The molecule has 0 saturated heterocycles. The first-order chi connectivity index (χ1) is 11.7. The predicted octanol–water partition coefficient (Wildman–Crippen LogP) is 3.96. The van der Waals surface area contributed by atoms with Gasteiger partial charge in [0.25, 0.3) is 0 Å². The molecule has 26 heavy (non-hydrogen) atoms. The number of nitrogens with zero attached hydrogens (tertiary/aromatic N) is 1. The van der Waals surface area contributed by atoms with E-state index >= 15 is 0 Å². The molecule has 1 fully saturated rings. The number of hydrogen-bond acceptors (Lipinski definition) is 4. The van der Waals surface area contributed by atoms with E-state index in [0.29, 0.717) is 18.9 Å². The Balaban J connectivity index is 0.00000169. The third-order valence-electron chi connectivity index (χ3n) is 4.46. The van der Waals surface area contributed by atoms with E-state index in [1.807, 2.05) is 36.4 Å². The molecule has 3 rings (SSSR count). The number of carbonyl (C=O) groups excluding carboxylic acids is 1. The number of nitrogens with one attached hydrogen (secondary N) is 1. The summed E-state index contributed by atoms with van der Waals surface area (Å²) >= 11 is 0. The Morgan fingerprint density at radius 3 is 2.42 bits per heavy atom. The number of hydrogen-bond donors (Lipinski definition) is 2. The van der Waals surface area contributed by atoms with E-state index in [9.17, 15) is 4.79 Å². The molecule has 1 aliphatic rings. The lowest BCUT2D eigenvalue weighted by Gasteiger charge is -2.15. The first-order valence-electron chi connectivity index (χ1n) is 8.38. The minimum Gasteiger partial charge on any atom is -0.489 e. The van der Waals surface area contributed by atoms with Crippen molar-refractivity contribution in [2.45, 2.75) is 38.3 Å². The largest absolute Gasteiger partial charge is 0.489 e. The van der Waals surface area contributed by atoms with Crippen molar-refractivity contribution in [1.29, 1.82) is 0 Å². The van der Waals surface area contributed by atoms with Gasteiger partial charge in [-0.2, -0.15) is 0 Å². The molecule has 5 nitrogen and oxygen atoms in total. The summed E-state index contributed by atoms with van der Waals surface area (Å²) in [6.07, 6.45) is 7.20. The van der Waals surface area contributed by atoms with Crippen molar-refractivity contribution in [1.82, 2.24) is 4.98 Å². The molecule has 7 heteroatoms. The SMILES string of the molecule is Cl.Cl.N[C@@H]1CCC[C@H]1CC(=O)Nc1ccc(OCc2ccncc2)cc1. The molecule has 1 aromatic heterocycles. The van der Waals surface area contributed by atoms with Gasteiger partial charge in [0, 0.05) is 30.5 Å². The van der Waals surface area contributed by atoms with Crippen LogP contribution in [0.2, 0.25) is 0 Å². The topological polar surface area (TPSA) is 77.2 Å². The second-order valence-corrected chi connectivity index (χ2v) is 6.28. The van der Waals surface area contributed by atoms with Crippen molar-refractivity contribution in [3.8, 4) is 5.75 Å². The van der Waals surface area contributed by atoms with Crippen molar-refractivity contribution < 1.29 is 9.53 Å². The molecule has 2 atom stereocenters. The second kappa shape index (κ2) is 11.0. The lowest BCUT2D eigenvalue weighted by atomic mass is 10.00. The average Bonchev–Trinajstić information content (AvgIpc) is 3.00. The Labute approximate surface area is 166 Å². The zero-order valence-electron chi connectivity index (χ0n) is 14.5. The van der Waals surface area contributed by atoms with Gasteiger partial charge in [-0.15, -0.1) is 24.8 Å². The molecule has 1 saturated carbocycles. The van der Waals surface area contributed by atoms with Gasteiger partial charge in [0.2, 0.25) is 5.91 Å². The zero-order chi connectivity index (χ0) is 16.8. The van der Waals surface area contributed by atoms with Crippen LogP contribution in [0, 0.1) is 5.92 Å². The highest BCUT2D eigenvalue weighted by molar-refractivity contribution is 5.91. The highest BCUT2D eigenvalue weighted by atomic mass is 35.5. The van der Waals surface area contributed by atoms with Gasteiger partial charge in [0.1, 0.15) is 12.4 Å². The number of rotatable bonds is 6. The zero-order valence-corrected chi connectivity index (χ0v) is 16.1. The van der Waals surface area contributed by atoms with Crippen LogP contribution in [0.3, 0.4) is 0 Å². The van der Waals surface area contributed by atoms with Gasteiger partial charge in [0.05, 0.1) is 0 Å². The molecule has 1 aromatic carbocycles. The smallest absolute Gasteiger partial charge is 0.224 e. The van der Waals surface area contributed by atoms with Crippen LogP contribution in [-0.2, 0) is 11.4 Å². The Bertz CT molecular complexity index is 668. The van der Waals surface area contributed by atoms with E-state index in [-0.39, 0.29) is 36.8 Å². The third kappa shape index (κ3) is 6.48. The van der Waals surface area contributed by atoms with Crippen LogP contribution in [0.4, 0.5) is 5.69 Å². The van der Waals surface area contributed by atoms with Crippen molar-refractivity contribution >= 4 is 36.4 Å². The number of halogens is 2. The van der Waals surface area contributed by atoms with Crippen molar-refractivity contribution in [2.24, 2.45) is 11.7 Å². The third-order valence-corrected chi connectivity index (χ3v) is 4.46. The van der Waals surface area contributed by atoms with Gasteiger partial charge in [-0.1, -0.05) is 6.42 Å². The van der Waals surface area contributed by atoms with Crippen molar-refractivity contribution in [3.63, 3.8) is 0 Å². The van der Waals surface area contributed by atoms with Gasteiger partial charge in [0.15, 0.2) is 0 Å². The monoisotopic (exact) mass is 397 g/mol. The van der Waals surface area contributed by atoms with Crippen LogP contribution in [0.15, 0.2) is 48.8 Å². The van der Waals surface area contributed by atoms with Crippen LogP contribution in [0.5, 0.6) is 5.75 Å². The first-order valence-corrected chi connectivity index (χ1v) is 8.38. The molecule has 142 valence electrons. The molecule has 0 unspecified atom stereocenters. The van der Waals surface area contributed by atoms with E-state index in [0.717, 1.165) is 36.3 Å². The standard InChI is InChI=1S/C19H23N3O2.2ClH/c20-18-3-1-2-15(18)12-19(23)22-16-4-6-17(7-5-16)24-13-14-8-10-21-11-9-14;;/h4-11,15,18H,1-3,12-13,20H2,(H,22,23);2*1H/t15-,18+;;/m0../s1. The number of benzene rings is 1. The fourth-order valence-electron chi connectivity index (χ4n) is 3.05. The number of pyridine rings is 1. The molecule has 0 radical (unpaired) electrons. The minimum atomic E-state index is 0. The second-order valence-electron chi connectivity index (χ2n) is 6.28. The Morgan fingerprint density at radius 2 is 1.81 bits per heavy atom. The lowest BCUT2D eigenvalue weighted by molar-refractivity contribution is -0.117. The van der Waals surface area contributed by atoms with Crippen LogP contribution >= 0.6 is 24.8 Å². The van der Waals surface area contributed by atoms with Gasteiger partial charge >= 0.3 is 0 Å². The maximum atomic E-state index is 12.1. The fraction of sp³-hybridized carbons (Fsp3) is 0.368. The molecular weight excluding hydrogens is 373 g/mol. The molecular formula is C19H25Cl2N3O2. The summed E-state index contributed by atoms with van der Waals surface area (Å²) in [4.78, 5) is 16.1. The minimum absolute atomic E-state index is 0. The molecule has 0 bridgehead atoms. The maximum absolute atomic E-state index is 12.1.